The molecule has 0 radical (unpaired) electrons. The quantitative estimate of drug-likeness (QED) is 0.752. The minimum atomic E-state index is -0.307. The summed E-state index contributed by atoms with van der Waals surface area (Å²) in [6, 6.07) is 17.3. The second kappa shape index (κ2) is 7.66. The van der Waals surface area contributed by atoms with Gasteiger partial charge in [0, 0.05) is 26.0 Å². The Morgan fingerprint density at radius 2 is 1.84 bits per heavy atom. The lowest BCUT2D eigenvalue weighted by atomic mass is 10.1. The number of hydrogen-bond donors (Lipinski definition) is 2. The number of rotatable bonds is 5. The summed E-state index contributed by atoms with van der Waals surface area (Å²) in [4.78, 5) is 16.9. The topological polar surface area (TPSA) is 59.0 Å². The van der Waals surface area contributed by atoms with Crippen LogP contribution in [0, 0.1) is 6.92 Å². The van der Waals surface area contributed by atoms with E-state index in [1.165, 1.54) is 0 Å². The first kappa shape index (κ1) is 16.8. The molecule has 1 atom stereocenters. The van der Waals surface area contributed by atoms with Gasteiger partial charge >= 0.3 is 6.03 Å². The van der Waals surface area contributed by atoms with Gasteiger partial charge in [0.05, 0.1) is 0 Å². The van der Waals surface area contributed by atoms with Gasteiger partial charge < -0.3 is 15.2 Å². The summed E-state index contributed by atoms with van der Waals surface area (Å²) < 4.78 is 1.92. The maximum atomic E-state index is 12.5. The van der Waals surface area contributed by atoms with Crippen LogP contribution in [-0.2, 0) is 13.6 Å². The molecule has 128 valence electrons. The number of aryl methyl sites for hydroxylation is 2. The van der Waals surface area contributed by atoms with Gasteiger partial charge in [-0.3, -0.25) is 0 Å². The number of amides is 2. The van der Waals surface area contributed by atoms with E-state index in [2.05, 4.69) is 15.6 Å². The largest absolute Gasteiger partial charge is 0.336 e. The van der Waals surface area contributed by atoms with Crippen molar-refractivity contribution in [1.82, 2.24) is 20.2 Å². The molecule has 3 rings (SSSR count). The highest BCUT2D eigenvalue weighted by atomic mass is 16.2. The third kappa shape index (κ3) is 4.07. The van der Waals surface area contributed by atoms with Crippen LogP contribution in [0.5, 0.6) is 0 Å². The number of nitrogens with one attached hydrogen (secondary N) is 2. The van der Waals surface area contributed by atoms with Crippen molar-refractivity contribution in [3.05, 3.63) is 89.5 Å². The average Bonchev–Trinajstić information content (AvgIpc) is 3.05. The van der Waals surface area contributed by atoms with Crippen LogP contribution in [0.15, 0.2) is 67.0 Å². The number of nitrogens with zero attached hydrogens (tertiary/aromatic N) is 2. The van der Waals surface area contributed by atoms with E-state index >= 15 is 0 Å². The maximum Gasteiger partial charge on any atom is 0.315 e. The molecule has 0 saturated carbocycles. The molecule has 0 bridgehead atoms. The fraction of sp³-hybridized carbons (Fsp3) is 0.200. The van der Waals surface area contributed by atoms with E-state index in [9.17, 15) is 4.79 Å². The first-order valence-electron chi connectivity index (χ1n) is 8.26. The number of urea groups is 1. The highest BCUT2D eigenvalue weighted by Crippen LogP contribution is 2.20. The molecule has 0 fully saturated rings. The van der Waals surface area contributed by atoms with Crippen molar-refractivity contribution >= 4 is 6.03 Å². The monoisotopic (exact) mass is 334 g/mol. The Kier molecular flexibility index (Phi) is 5.14. The van der Waals surface area contributed by atoms with Crippen molar-refractivity contribution in [3.63, 3.8) is 0 Å². The molecular formula is C20H22N4O. The van der Waals surface area contributed by atoms with Gasteiger partial charge in [-0.2, -0.15) is 0 Å². The Morgan fingerprint density at radius 3 is 2.52 bits per heavy atom. The van der Waals surface area contributed by atoms with Crippen LogP contribution in [0.4, 0.5) is 4.79 Å². The van der Waals surface area contributed by atoms with Gasteiger partial charge in [-0.1, -0.05) is 54.6 Å². The van der Waals surface area contributed by atoms with Crippen molar-refractivity contribution in [2.75, 3.05) is 0 Å². The first-order valence-corrected chi connectivity index (χ1v) is 8.26. The summed E-state index contributed by atoms with van der Waals surface area (Å²) >= 11 is 0. The van der Waals surface area contributed by atoms with Gasteiger partial charge in [-0.25, -0.2) is 9.78 Å². The lowest BCUT2D eigenvalue weighted by Gasteiger charge is -2.19. The fourth-order valence-electron chi connectivity index (χ4n) is 2.76. The SMILES string of the molecule is Cc1ccccc1CNC(=O)NC(c1ccccc1)c1nccn1C. The van der Waals surface area contributed by atoms with Crippen molar-refractivity contribution < 1.29 is 4.79 Å². The van der Waals surface area contributed by atoms with Crippen LogP contribution < -0.4 is 10.6 Å². The third-order valence-electron chi connectivity index (χ3n) is 4.23. The molecule has 5 heteroatoms. The molecule has 0 aliphatic carbocycles. The van der Waals surface area contributed by atoms with Crippen LogP contribution in [0.1, 0.15) is 28.6 Å². The van der Waals surface area contributed by atoms with Crippen LogP contribution in [-0.4, -0.2) is 15.6 Å². The Labute approximate surface area is 147 Å². The molecule has 1 unspecified atom stereocenters. The Morgan fingerprint density at radius 1 is 1.12 bits per heavy atom. The summed E-state index contributed by atoms with van der Waals surface area (Å²) in [5, 5.41) is 5.97. The smallest absolute Gasteiger partial charge is 0.315 e. The average molecular weight is 334 g/mol. The maximum absolute atomic E-state index is 12.5. The Balaban J connectivity index is 1.73. The van der Waals surface area contributed by atoms with Gasteiger partial charge in [0.25, 0.3) is 0 Å². The van der Waals surface area contributed by atoms with E-state index in [1.807, 2.05) is 79.3 Å². The third-order valence-corrected chi connectivity index (χ3v) is 4.23. The zero-order valence-electron chi connectivity index (χ0n) is 14.4. The van der Waals surface area contributed by atoms with Crippen LogP contribution in [0.3, 0.4) is 0 Å². The highest BCUT2D eigenvalue weighted by molar-refractivity contribution is 5.74. The van der Waals surface area contributed by atoms with E-state index in [0.717, 1.165) is 22.5 Å². The number of aromatic nitrogens is 2. The molecular weight excluding hydrogens is 312 g/mol. The van der Waals surface area contributed by atoms with Crippen LogP contribution >= 0.6 is 0 Å². The molecule has 0 saturated heterocycles. The van der Waals surface area contributed by atoms with Crippen LogP contribution in [0.25, 0.3) is 0 Å². The fourth-order valence-corrected chi connectivity index (χ4v) is 2.76. The molecule has 0 aliphatic rings. The molecule has 2 N–H and O–H groups in total. The Bertz CT molecular complexity index is 842. The van der Waals surface area contributed by atoms with Gasteiger partial charge in [0.2, 0.25) is 0 Å². The number of imidazole rings is 1. The van der Waals surface area contributed by atoms with Gasteiger partial charge in [-0.15, -0.1) is 0 Å². The molecule has 1 heterocycles. The number of carbonyl (C=O) groups excluding carboxylic acids is 1. The molecule has 25 heavy (non-hydrogen) atoms. The van der Waals surface area contributed by atoms with Gasteiger partial charge in [0.1, 0.15) is 11.9 Å². The summed E-state index contributed by atoms with van der Waals surface area (Å²) in [6.45, 7) is 2.52. The summed E-state index contributed by atoms with van der Waals surface area (Å²) in [5.41, 5.74) is 3.25. The van der Waals surface area contributed by atoms with Gasteiger partial charge in [0.15, 0.2) is 0 Å². The standard InChI is InChI=1S/C20H22N4O/c1-15-8-6-7-11-17(15)14-22-20(25)23-18(16-9-4-3-5-10-16)19-21-12-13-24(19)2/h3-13,18H,14H2,1-2H3,(H2,22,23,25). The first-order chi connectivity index (χ1) is 12.1. The van der Waals surface area contributed by atoms with E-state index in [0.29, 0.717) is 6.54 Å². The predicted octanol–water partition coefficient (Wildman–Crippen LogP) is 3.32. The van der Waals surface area contributed by atoms with Crippen molar-refractivity contribution in [2.45, 2.75) is 19.5 Å². The lowest BCUT2D eigenvalue weighted by Crippen LogP contribution is -2.39. The van der Waals surface area contributed by atoms with Crippen molar-refractivity contribution in [1.29, 1.82) is 0 Å². The number of hydrogen-bond acceptors (Lipinski definition) is 2. The van der Waals surface area contributed by atoms with E-state index in [4.69, 9.17) is 0 Å². The molecule has 2 aromatic carbocycles. The van der Waals surface area contributed by atoms with Crippen molar-refractivity contribution in [3.8, 4) is 0 Å². The molecule has 0 aliphatic heterocycles. The zero-order chi connectivity index (χ0) is 17.6. The molecule has 0 spiro atoms. The van der Waals surface area contributed by atoms with E-state index in [1.54, 1.807) is 6.20 Å². The second-order valence-corrected chi connectivity index (χ2v) is 5.99. The summed E-state index contributed by atoms with van der Waals surface area (Å²) in [5.74, 6) is 0.789. The van der Waals surface area contributed by atoms with E-state index < -0.39 is 0 Å². The van der Waals surface area contributed by atoms with Gasteiger partial charge in [-0.05, 0) is 23.6 Å². The predicted molar refractivity (Wildman–Crippen MR) is 98.0 cm³/mol. The molecule has 5 nitrogen and oxygen atoms in total. The Hall–Kier alpha value is -3.08. The number of benzene rings is 2. The van der Waals surface area contributed by atoms with Crippen molar-refractivity contribution in [2.24, 2.45) is 7.05 Å². The number of carbonyl (C=O) groups is 1. The second-order valence-electron chi connectivity index (χ2n) is 5.99. The normalized spacial score (nSPS) is 11.8. The molecule has 2 amide bonds. The summed E-state index contributed by atoms with van der Waals surface area (Å²) in [7, 11) is 1.92. The highest BCUT2D eigenvalue weighted by Gasteiger charge is 2.20. The van der Waals surface area contributed by atoms with E-state index in [-0.39, 0.29) is 12.1 Å². The molecule has 3 aromatic rings. The lowest BCUT2D eigenvalue weighted by molar-refractivity contribution is 0.237. The molecule has 1 aromatic heterocycles. The minimum Gasteiger partial charge on any atom is -0.336 e. The van der Waals surface area contributed by atoms with Crippen LogP contribution in [0.2, 0.25) is 0 Å². The summed E-state index contributed by atoms with van der Waals surface area (Å²) in [6.07, 6.45) is 3.61. The zero-order valence-corrected chi connectivity index (χ0v) is 14.4. The minimum absolute atomic E-state index is 0.222.